The molecule has 0 bridgehead atoms. The molecule has 0 spiro atoms. The molecule has 2 N–H and O–H groups in total. The summed E-state index contributed by atoms with van der Waals surface area (Å²) in [6, 6.07) is 0. The summed E-state index contributed by atoms with van der Waals surface area (Å²) in [5, 5.41) is 0. The van der Waals surface area contributed by atoms with Gasteiger partial charge >= 0.3 is 5.97 Å². The molecule has 1 atom stereocenters. The SMILES string of the molecule is CCOC(=O)[C@@H](CC)CN. The summed E-state index contributed by atoms with van der Waals surface area (Å²) in [6.45, 7) is 4.54. The Bertz CT molecular complexity index is 99.8. The topological polar surface area (TPSA) is 52.3 Å². The summed E-state index contributed by atoms with van der Waals surface area (Å²) >= 11 is 0. The van der Waals surface area contributed by atoms with Crippen LogP contribution >= 0.6 is 0 Å². The third kappa shape index (κ3) is 2.82. The molecule has 0 aromatic carbocycles. The van der Waals surface area contributed by atoms with Crippen LogP contribution in [0.25, 0.3) is 0 Å². The van der Waals surface area contributed by atoms with Gasteiger partial charge in [0.1, 0.15) is 0 Å². The summed E-state index contributed by atoms with van der Waals surface area (Å²) < 4.78 is 4.77. The van der Waals surface area contributed by atoms with Crippen molar-refractivity contribution in [1.82, 2.24) is 0 Å². The van der Waals surface area contributed by atoms with E-state index in [0.29, 0.717) is 13.2 Å². The Labute approximate surface area is 61.5 Å². The number of carbonyl (C=O) groups is 1. The first-order valence-electron chi connectivity index (χ1n) is 3.62. The van der Waals surface area contributed by atoms with Crippen molar-refractivity contribution in [1.29, 1.82) is 0 Å². The zero-order valence-corrected chi connectivity index (χ0v) is 6.59. The molecule has 0 amide bonds. The molecule has 0 aromatic rings. The quantitative estimate of drug-likeness (QED) is 0.587. The first kappa shape index (κ1) is 9.43. The van der Waals surface area contributed by atoms with Crippen molar-refractivity contribution in [2.24, 2.45) is 11.7 Å². The van der Waals surface area contributed by atoms with Gasteiger partial charge in [-0.15, -0.1) is 0 Å². The normalized spacial score (nSPS) is 12.7. The Hall–Kier alpha value is -0.570. The number of carbonyl (C=O) groups excluding carboxylic acids is 1. The van der Waals surface area contributed by atoms with Crippen molar-refractivity contribution in [2.75, 3.05) is 13.2 Å². The van der Waals surface area contributed by atoms with Gasteiger partial charge in [-0.25, -0.2) is 0 Å². The van der Waals surface area contributed by atoms with Crippen LogP contribution in [0.1, 0.15) is 20.3 Å². The van der Waals surface area contributed by atoms with E-state index in [-0.39, 0.29) is 11.9 Å². The van der Waals surface area contributed by atoms with Gasteiger partial charge in [0.2, 0.25) is 0 Å². The fraction of sp³-hybridized carbons (Fsp3) is 0.857. The molecule has 0 fully saturated rings. The Morgan fingerprint density at radius 3 is 2.50 bits per heavy atom. The average molecular weight is 145 g/mol. The second kappa shape index (κ2) is 5.23. The number of ether oxygens (including phenoxy) is 1. The first-order valence-corrected chi connectivity index (χ1v) is 3.62. The molecule has 60 valence electrons. The molecule has 0 unspecified atom stereocenters. The predicted molar refractivity (Wildman–Crippen MR) is 39.5 cm³/mol. The highest BCUT2D eigenvalue weighted by molar-refractivity contribution is 5.72. The van der Waals surface area contributed by atoms with Crippen molar-refractivity contribution in [3.05, 3.63) is 0 Å². The molecular formula is C7H15NO2. The van der Waals surface area contributed by atoms with E-state index >= 15 is 0 Å². The second-order valence-electron chi connectivity index (χ2n) is 2.09. The van der Waals surface area contributed by atoms with Crippen molar-refractivity contribution >= 4 is 5.97 Å². The Balaban J connectivity index is 3.65. The first-order chi connectivity index (χ1) is 4.76. The molecule has 3 nitrogen and oxygen atoms in total. The van der Waals surface area contributed by atoms with Crippen molar-refractivity contribution in [3.8, 4) is 0 Å². The number of hydrogen-bond acceptors (Lipinski definition) is 3. The van der Waals surface area contributed by atoms with Crippen LogP contribution in [0, 0.1) is 5.92 Å². The average Bonchev–Trinajstić information content (AvgIpc) is 1.91. The van der Waals surface area contributed by atoms with Gasteiger partial charge in [0.25, 0.3) is 0 Å². The van der Waals surface area contributed by atoms with Crippen molar-refractivity contribution in [2.45, 2.75) is 20.3 Å². The standard InChI is InChI=1S/C7H15NO2/c1-3-6(5-8)7(9)10-4-2/h6H,3-5,8H2,1-2H3/t6-/m0/s1. The molecule has 0 aromatic heterocycles. The van der Waals surface area contributed by atoms with Crippen LogP contribution in [0.2, 0.25) is 0 Å². The third-order valence-corrected chi connectivity index (χ3v) is 1.40. The highest BCUT2D eigenvalue weighted by atomic mass is 16.5. The lowest BCUT2D eigenvalue weighted by atomic mass is 10.1. The number of rotatable bonds is 4. The highest BCUT2D eigenvalue weighted by Gasteiger charge is 2.14. The maximum atomic E-state index is 10.9. The van der Waals surface area contributed by atoms with Crippen molar-refractivity contribution in [3.63, 3.8) is 0 Å². The Morgan fingerprint density at radius 2 is 2.20 bits per heavy atom. The predicted octanol–water partition coefficient (Wildman–Crippen LogP) is 0.534. The van der Waals surface area contributed by atoms with E-state index in [0.717, 1.165) is 6.42 Å². The van der Waals surface area contributed by atoms with Gasteiger partial charge in [0.15, 0.2) is 0 Å². The van der Waals surface area contributed by atoms with Crippen LogP contribution in [-0.4, -0.2) is 19.1 Å². The van der Waals surface area contributed by atoms with E-state index in [1.165, 1.54) is 0 Å². The van der Waals surface area contributed by atoms with E-state index < -0.39 is 0 Å². The van der Waals surface area contributed by atoms with Crippen LogP contribution < -0.4 is 5.73 Å². The minimum absolute atomic E-state index is 0.111. The molecular weight excluding hydrogens is 130 g/mol. The van der Waals surface area contributed by atoms with Crippen LogP contribution in [0.5, 0.6) is 0 Å². The minimum atomic E-state index is -0.174. The fourth-order valence-corrected chi connectivity index (χ4v) is 0.690. The number of nitrogens with two attached hydrogens (primary N) is 1. The summed E-state index contributed by atoms with van der Waals surface area (Å²) in [5.74, 6) is -0.285. The van der Waals surface area contributed by atoms with Gasteiger partial charge in [-0.3, -0.25) is 4.79 Å². The Morgan fingerprint density at radius 1 is 1.60 bits per heavy atom. The largest absolute Gasteiger partial charge is 0.466 e. The van der Waals surface area contributed by atoms with Crippen LogP contribution in [-0.2, 0) is 9.53 Å². The van der Waals surface area contributed by atoms with E-state index in [1.807, 2.05) is 6.92 Å². The smallest absolute Gasteiger partial charge is 0.310 e. The van der Waals surface area contributed by atoms with Gasteiger partial charge in [-0.1, -0.05) is 6.92 Å². The summed E-state index contributed by atoms with van der Waals surface area (Å²) in [7, 11) is 0. The maximum absolute atomic E-state index is 10.9. The molecule has 10 heavy (non-hydrogen) atoms. The lowest BCUT2D eigenvalue weighted by molar-refractivity contribution is -0.147. The maximum Gasteiger partial charge on any atom is 0.310 e. The molecule has 0 saturated carbocycles. The summed E-state index contributed by atoms with van der Waals surface area (Å²) in [6.07, 6.45) is 0.759. The lowest BCUT2D eigenvalue weighted by Gasteiger charge is -2.09. The molecule has 0 rings (SSSR count). The number of hydrogen-bond donors (Lipinski definition) is 1. The van der Waals surface area contributed by atoms with Gasteiger partial charge in [-0.05, 0) is 13.3 Å². The van der Waals surface area contributed by atoms with Gasteiger partial charge < -0.3 is 10.5 Å². The molecule has 0 saturated heterocycles. The zero-order chi connectivity index (χ0) is 7.98. The third-order valence-electron chi connectivity index (χ3n) is 1.40. The molecule has 0 aliphatic heterocycles. The summed E-state index contributed by atoms with van der Waals surface area (Å²) in [5.41, 5.74) is 5.31. The minimum Gasteiger partial charge on any atom is -0.466 e. The van der Waals surface area contributed by atoms with Crippen LogP contribution in [0.15, 0.2) is 0 Å². The number of esters is 1. The molecule has 0 aliphatic rings. The molecule has 0 heterocycles. The van der Waals surface area contributed by atoms with Crippen LogP contribution in [0.3, 0.4) is 0 Å². The molecule has 3 heteroatoms. The van der Waals surface area contributed by atoms with E-state index in [9.17, 15) is 4.79 Å². The van der Waals surface area contributed by atoms with Gasteiger partial charge in [0.05, 0.1) is 12.5 Å². The van der Waals surface area contributed by atoms with E-state index in [2.05, 4.69) is 0 Å². The van der Waals surface area contributed by atoms with Crippen molar-refractivity contribution < 1.29 is 9.53 Å². The highest BCUT2D eigenvalue weighted by Crippen LogP contribution is 2.01. The fourth-order valence-electron chi connectivity index (χ4n) is 0.690. The second-order valence-corrected chi connectivity index (χ2v) is 2.09. The van der Waals surface area contributed by atoms with E-state index in [1.54, 1.807) is 6.92 Å². The lowest BCUT2D eigenvalue weighted by Crippen LogP contribution is -2.24. The monoisotopic (exact) mass is 145 g/mol. The molecule has 0 radical (unpaired) electrons. The van der Waals surface area contributed by atoms with Gasteiger partial charge in [0, 0.05) is 6.54 Å². The zero-order valence-electron chi connectivity index (χ0n) is 6.59. The molecule has 0 aliphatic carbocycles. The Kier molecular flexibility index (Phi) is 4.94. The van der Waals surface area contributed by atoms with Crippen LogP contribution in [0.4, 0.5) is 0 Å². The van der Waals surface area contributed by atoms with E-state index in [4.69, 9.17) is 10.5 Å². The van der Waals surface area contributed by atoms with Gasteiger partial charge in [-0.2, -0.15) is 0 Å². The summed E-state index contributed by atoms with van der Waals surface area (Å²) in [4.78, 5) is 10.9.